The number of nitrogens with zero attached hydrogens (tertiary/aromatic N) is 2. The molecule has 1 fully saturated rings. The first kappa shape index (κ1) is 22.1. The first-order valence-electron chi connectivity index (χ1n) is 10.2. The maximum absolute atomic E-state index is 10.3. The fraction of sp³-hybridized carbons (Fsp3) is 0.458. The Morgan fingerprint density at radius 3 is 2.40 bits per heavy atom. The van der Waals surface area contributed by atoms with E-state index in [4.69, 9.17) is 14.2 Å². The summed E-state index contributed by atoms with van der Waals surface area (Å²) in [6.45, 7) is 7.66. The normalized spacial score (nSPS) is 16.0. The summed E-state index contributed by atoms with van der Waals surface area (Å²) in [5.74, 6) is 1.33. The molecule has 0 bridgehead atoms. The van der Waals surface area contributed by atoms with Crippen molar-refractivity contribution in [1.82, 2.24) is 4.90 Å². The van der Waals surface area contributed by atoms with Crippen LogP contribution in [0, 0.1) is 11.3 Å². The first-order valence-corrected chi connectivity index (χ1v) is 10.2. The Kier molecular flexibility index (Phi) is 7.33. The molecule has 2 aromatic carbocycles. The molecule has 1 atom stereocenters. The molecule has 1 unspecified atom stereocenters. The molecule has 3 rings (SSSR count). The Morgan fingerprint density at radius 2 is 1.77 bits per heavy atom. The number of hydrogen-bond acceptors (Lipinski definition) is 6. The van der Waals surface area contributed by atoms with E-state index in [9.17, 15) is 10.4 Å². The highest BCUT2D eigenvalue weighted by Crippen LogP contribution is 2.31. The van der Waals surface area contributed by atoms with Crippen LogP contribution >= 0.6 is 0 Å². The van der Waals surface area contributed by atoms with Crippen molar-refractivity contribution in [3.8, 4) is 28.7 Å². The zero-order valence-corrected chi connectivity index (χ0v) is 17.9. The number of nitriles is 1. The summed E-state index contributed by atoms with van der Waals surface area (Å²) in [5.41, 5.74) is 2.40. The molecule has 2 aromatic rings. The number of hydrogen-bond donors (Lipinski definition) is 1. The maximum Gasteiger partial charge on any atom is 0.123 e. The number of methoxy groups -OCH3 is 1. The average molecular weight is 411 g/mol. The molecular weight excluding hydrogens is 380 g/mol. The van der Waals surface area contributed by atoms with Gasteiger partial charge in [0.15, 0.2) is 0 Å². The summed E-state index contributed by atoms with van der Waals surface area (Å²) in [6.07, 6.45) is -0.578. The number of benzene rings is 2. The van der Waals surface area contributed by atoms with Gasteiger partial charge in [-0.2, -0.15) is 5.26 Å². The molecule has 6 nitrogen and oxygen atoms in total. The van der Waals surface area contributed by atoms with Gasteiger partial charge in [-0.1, -0.05) is 24.3 Å². The summed E-state index contributed by atoms with van der Waals surface area (Å²) in [5, 5.41) is 19.7. The number of morpholine rings is 1. The lowest BCUT2D eigenvalue weighted by atomic mass is 9.85. The molecule has 0 radical (unpaired) electrons. The van der Waals surface area contributed by atoms with Crippen molar-refractivity contribution < 1.29 is 19.3 Å². The van der Waals surface area contributed by atoms with E-state index >= 15 is 0 Å². The third kappa shape index (κ3) is 5.73. The molecule has 1 aliphatic heterocycles. The summed E-state index contributed by atoms with van der Waals surface area (Å²) in [4.78, 5) is 2.18. The van der Waals surface area contributed by atoms with Crippen LogP contribution in [-0.2, 0) is 10.2 Å². The van der Waals surface area contributed by atoms with Crippen LogP contribution < -0.4 is 9.47 Å². The molecule has 1 saturated heterocycles. The fourth-order valence-electron chi connectivity index (χ4n) is 3.41. The largest absolute Gasteiger partial charge is 0.497 e. The average Bonchev–Trinajstić information content (AvgIpc) is 2.78. The lowest BCUT2D eigenvalue weighted by molar-refractivity contribution is 0.00464. The molecule has 1 N–H and O–H groups in total. The zero-order valence-electron chi connectivity index (χ0n) is 17.9. The Hall–Kier alpha value is -2.59. The van der Waals surface area contributed by atoms with Crippen molar-refractivity contribution in [2.45, 2.75) is 25.4 Å². The van der Waals surface area contributed by atoms with Crippen LogP contribution in [0.1, 0.15) is 19.4 Å². The van der Waals surface area contributed by atoms with Crippen molar-refractivity contribution in [3.05, 3.63) is 48.0 Å². The predicted molar refractivity (Wildman–Crippen MR) is 116 cm³/mol. The Bertz CT molecular complexity index is 868. The van der Waals surface area contributed by atoms with E-state index in [0.717, 1.165) is 29.8 Å². The quantitative estimate of drug-likeness (QED) is 0.720. The number of aliphatic hydroxyl groups is 1. The zero-order chi connectivity index (χ0) is 21.6. The van der Waals surface area contributed by atoms with E-state index in [0.29, 0.717) is 31.3 Å². The third-order valence-corrected chi connectivity index (χ3v) is 5.35. The van der Waals surface area contributed by atoms with Gasteiger partial charge in [-0.05, 0) is 42.7 Å². The topological polar surface area (TPSA) is 74.9 Å². The van der Waals surface area contributed by atoms with Crippen LogP contribution in [0.15, 0.2) is 42.5 Å². The van der Waals surface area contributed by atoms with E-state index in [1.165, 1.54) is 0 Å². The molecule has 1 heterocycles. The molecule has 0 aliphatic carbocycles. The second-order valence-electron chi connectivity index (χ2n) is 8.09. The van der Waals surface area contributed by atoms with Crippen molar-refractivity contribution in [1.29, 1.82) is 5.26 Å². The van der Waals surface area contributed by atoms with Gasteiger partial charge >= 0.3 is 0 Å². The highest BCUT2D eigenvalue weighted by molar-refractivity contribution is 5.67. The minimum atomic E-state index is -0.578. The maximum atomic E-state index is 10.3. The smallest absolute Gasteiger partial charge is 0.123 e. The van der Waals surface area contributed by atoms with Gasteiger partial charge in [0.1, 0.15) is 24.2 Å². The second kappa shape index (κ2) is 9.94. The standard InChI is InChI=1S/C24H30N2O4/c1-24(2,17-25)20-6-4-18(5-7-20)19-12-22(28-3)14-23(13-19)30-16-21(27)15-26-8-10-29-11-9-26/h4-7,12-14,21,27H,8-11,15-16H2,1-3H3. The highest BCUT2D eigenvalue weighted by Gasteiger charge is 2.19. The van der Waals surface area contributed by atoms with Crippen molar-refractivity contribution in [2.24, 2.45) is 0 Å². The number of aliphatic hydroxyl groups excluding tert-OH is 1. The second-order valence-corrected chi connectivity index (χ2v) is 8.09. The van der Waals surface area contributed by atoms with Gasteiger partial charge in [-0.15, -0.1) is 0 Å². The molecule has 160 valence electrons. The summed E-state index contributed by atoms with van der Waals surface area (Å²) in [7, 11) is 1.62. The van der Waals surface area contributed by atoms with E-state index in [2.05, 4.69) is 11.0 Å². The Balaban J connectivity index is 1.69. The van der Waals surface area contributed by atoms with Gasteiger partial charge in [-0.25, -0.2) is 0 Å². The monoisotopic (exact) mass is 410 g/mol. The van der Waals surface area contributed by atoms with Gasteiger partial charge in [0.25, 0.3) is 0 Å². The van der Waals surface area contributed by atoms with E-state index in [1.54, 1.807) is 7.11 Å². The minimum absolute atomic E-state index is 0.208. The molecule has 1 aliphatic rings. The van der Waals surface area contributed by atoms with E-state index in [-0.39, 0.29) is 6.61 Å². The SMILES string of the molecule is COc1cc(OCC(O)CN2CCOCC2)cc(-c2ccc(C(C)(C)C#N)cc2)c1. The Morgan fingerprint density at radius 1 is 1.10 bits per heavy atom. The summed E-state index contributed by atoms with van der Waals surface area (Å²) >= 11 is 0. The fourth-order valence-corrected chi connectivity index (χ4v) is 3.41. The molecule has 0 spiro atoms. The molecule has 0 saturated carbocycles. The molecular formula is C24H30N2O4. The third-order valence-electron chi connectivity index (χ3n) is 5.35. The van der Waals surface area contributed by atoms with E-state index in [1.807, 2.05) is 56.3 Å². The van der Waals surface area contributed by atoms with E-state index < -0.39 is 11.5 Å². The van der Waals surface area contributed by atoms with Gasteiger partial charge in [0.05, 0.1) is 31.8 Å². The summed E-state index contributed by atoms with van der Waals surface area (Å²) in [6, 6.07) is 16.0. The highest BCUT2D eigenvalue weighted by atomic mass is 16.5. The first-order chi connectivity index (χ1) is 14.4. The summed E-state index contributed by atoms with van der Waals surface area (Å²) < 4.78 is 16.7. The van der Waals surface area contributed by atoms with Crippen LogP contribution in [0.4, 0.5) is 0 Å². The van der Waals surface area contributed by atoms with Crippen LogP contribution in [0.3, 0.4) is 0 Å². The molecule has 30 heavy (non-hydrogen) atoms. The minimum Gasteiger partial charge on any atom is -0.497 e. The van der Waals surface area contributed by atoms with Gasteiger partial charge in [-0.3, -0.25) is 4.90 Å². The van der Waals surface area contributed by atoms with Crippen molar-refractivity contribution in [2.75, 3.05) is 46.6 Å². The van der Waals surface area contributed by atoms with Crippen LogP contribution in [0.2, 0.25) is 0 Å². The lowest BCUT2D eigenvalue weighted by Crippen LogP contribution is -2.42. The molecule has 0 amide bonds. The lowest BCUT2D eigenvalue weighted by Gasteiger charge is -2.28. The molecule has 6 heteroatoms. The number of ether oxygens (including phenoxy) is 3. The number of β-amino-alcohol motifs (C(OH)–C–C–N with tert-alkyl or cyclic N) is 1. The van der Waals surface area contributed by atoms with Crippen LogP contribution in [0.25, 0.3) is 11.1 Å². The Labute approximate surface area is 178 Å². The van der Waals surface area contributed by atoms with Crippen LogP contribution in [-0.4, -0.2) is 62.7 Å². The predicted octanol–water partition coefficient (Wildman–Crippen LogP) is 3.24. The molecule has 0 aromatic heterocycles. The van der Waals surface area contributed by atoms with Crippen molar-refractivity contribution >= 4 is 0 Å². The van der Waals surface area contributed by atoms with Crippen molar-refractivity contribution in [3.63, 3.8) is 0 Å². The van der Waals surface area contributed by atoms with Gasteiger partial charge in [0.2, 0.25) is 0 Å². The van der Waals surface area contributed by atoms with Gasteiger partial charge < -0.3 is 19.3 Å². The van der Waals surface area contributed by atoms with Crippen LogP contribution in [0.5, 0.6) is 11.5 Å². The van der Waals surface area contributed by atoms with Gasteiger partial charge in [0, 0.05) is 25.7 Å². The number of rotatable bonds is 8.